The van der Waals surface area contributed by atoms with Gasteiger partial charge in [-0.3, -0.25) is 0 Å². The lowest BCUT2D eigenvalue weighted by molar-refractivity contribution is 1.18. The van der Waals surface area contributed by atoms with E-state index in [2.05, 4.69) is 262 Å². The minimum atomic E-state index is 1.05. The van der Waals surface area contributed by atoms with E-state index in [9.17, 15) is 0 Å². The van der Waals surface area contributed by atoms with E-state index in [-0.39, 0.29) is 0 Å². The first-order valence-electron chi connectivity index (χ1n) is 21.2. The van der Waals surface area contributed by atoms with E-state index in [1.807, 2.05) is 0 Å². The van der Waals surface area contributed by atoms with Crippen molar-refractivity contribution < 1.29 is 0 Å². The van der Waals surface area contributed by atoms with Gasteiger partial charge in [-0.05, 0) is 114 Å². The Hall–Kier alpha value is -8.34. The second kappa shape index (κ2) is 14.7. The Bertz CT molecular complexity index is 3530. The second-order valence-corrected chi connectivity index (χ2v) is 15.8. The Morgan fingerprint density at radius 1 is 0.258 bits per heavy atom. The molecule has 12 rings (SSSR count). The summed E-state index contributed by atoms with van der Waals surface area (Å²) in [7, 11) is 0. The molecule has 4 nitrogen and oxygen atoms in total. The molecule has 0 atom stereocenters. The zero-order chi connectivity index (χ0) is 41.0. The molecule has 0 aliphatic carbocycles. The van der Waals surface area contributed by atoms with Gasteiger partial charge in [-0.1, -0.05) is 140 Å². The minimum Gasteiger partial charge on any atom is -0.310 e. The van der Waals surface area contributed by atoms with Gasteiger partial charge >= 0.3 is 0 Å². The van der Waals surface area contributed by atoms with Gasteiger partial charge < -0.3 is 18.9 Å². The highest BCUT2D eigenvalue weighted by Crippen LogP contribution is 2.49. The van der Waals surface area contributed by atoms with E-state index in [1.54, 1.807) is 0 Å². The van der Waals surface area contributed by atoms with Crippen LogP contribution in [0.2, 0.25) is 0 Å². The molecule has 0 aliphatic rings. The van der Waals surface area contributed by atoms with Crippen molar-refractivity contribution in [1.29, 1.82) is 0 Å². The molecule has 0 spiro atoms. The van der Waals surface area contributed by atoms with Gasteiger partial charge in [-0.15, -0.1) is 0 Å². The summed E-state index contributed by atoms with van der Waals surface area (Å²) < 4.78 is 4.84. The van der Waals surface area contributed by atoms with E-state index >= 15 is 0 Å². The molecule has 10 aromatic carbocycles. The van der Waals surface area contributed by atoms with Gasteiger partial charge in [0.15, 0.2) is 0 Å². The predicted octanol–water partition coefficient (Wildman–Crippen LogP) is 16.0. The first-order chi connectivity index (χ1) is 30.8. The van der Waals surface area contributed by atoms with Crippen LogP contribution >= 0.6 is 0 Å². The van der Waals surface area contributed by atoms with Crippen LogP contribution in [0, 0.1) is 0 Å². The number of aromatic nitrogens is 2. The molecule has 0 unspecified atom stereocenters. The zero-order valence-corrected chi connectivity index (χ0v) is 33.9. The van der Waals surface area contributed by atoms with Crippen molar-refractivity contribution in [3.63, 3.8) is 0 Å². The fraction of sp³-hybridized carbons (Fsp3) is 0. The van der Waals surface area contributed by atoms with Gasteiger partial charge in [0, 0.05) is 55.7 Å². The maximum Gasteiger partial charge on any atom is 0.0583 e. The zero-order valence-electron chi connectivity index (χ0n) is 33.9. The average molecular weight is 793 g/mol. The number of benzene rings is 10. The highest BCUT2D eigenvalue weighted by Gasteiger charge is 2.25. The molecule has 62 heavy (non-hydrogen) atoms. The molecule has 292 valence electrons. The van der Waals surface area contributed by atoms with Crippen LogP contribution in [0.5, 0.6) is 0 Å². The lowest BCUT2D eigenvalue weighted by Crippen LogP contribution is -2.14. The van der Waals surface area contributed by atoms with Crippen LogP contribution in [0.3, 0.4) is 0 Å². The maximum atomic E-state index is 2.46. The monoisotopic (exact) mass is 792 g/mol. The lowest BCUT2D eigenvalue weighted by atomic mass is 10.0. The molecule has 0 amide bonds. The van der Waals surface area contributed by atoms with Crippen LogP contribution < -0.4 is 9.80 Å². The number of hydrogen-bond donors (Lipinski definition) is 0. The molecule has 0 aliphatic heterocycles. The molecular formula is C58H40N4. The maximum absolute atomic E-state index is 2.46. The highest BCUT2D eigenvalue weighted by molar-refractivity contribution is 6.18. The first kappa shape index (κ1) is 35.6. The van der Waals surface area contributed by atoms with E-state index in [0.717, 1.165) is 56.5 Å². The van der Waals surface area contributed by atoms with Crippen LogP contribution in [0.4, 0.5) is 34.1 Å². The van der Waals surface area contributed by atoms with E-state index in [4.69, 9.17) is 0 Å². The van der Waals surface area contributed by atoms with Gasteiger partial charge in [0.25, 0.3) is 0 Å². The predicted molar refractivity (Wildman–Crippen MR) is 262 cm³/mol. The van der Waals surface area contributed by atoms with Gasteiger partial charge in [0.2, 0.25) is 0 Å². The SMILES string of the molecule is c1ccc(N(c2ccc3c(c2)c2ccccc2n3-c2ccccc2)c2cc(N(c3ccccc3)c3ccccc3)c3c4ccccc4n(-c4ccc5ccccc5c4)c3c2)cc1. The quantitative estimate of drug-likeness (QED) is 0.152. The Morgan fingerprint density at radius 3 is 1.45 bits per heavy atom. The van der Waals surface area contributed by atoms with Gasteiger partial charge in [-0.25, -0.2) is 0 Å². The van der Waals surface area contributed by atoms with Gasteiger partial charge in [0.1, 0.15) is 0 Å². The third kappa shape index (κ3) is 5.84. The summed E-state index contributed by atoms with van der Waals surface area (Å²) in [5, 5.41) is 7.21. The number of hydrogen-bond acceptors (Lipinski definition) is 2. The number of nitrogens with zero attached hydrogens (tertiary/aromatic N) is 4. The average Bonchev–Trinajstić information content (AvgIpc) is 3.86. The lowest BCUT2D eigenvalue weighted by Gasteiger charge is -2.30. The van der Waals surface area contributed by atoms with Crippen LogP contribution in [0.1, 0.15) is 0 Å². The summed E-state index contributed by atoms with van der Waals surface area (Å²) >= 11 is 0. The fourth-order valence-corrected chi connectivity index (χ4v) is 9.52. The highest BCUT2D eigenvalue weighted by atomic mass is 15.2. The Kier molecular flexibility index (Phi) is 8.46. The van der Waals surface area contributed by atoms with Crippen molar-refractivity contribution in [2.75, 3.05) is 9.80 Å². The summed E-state index contributed by atoms with van der Waals surface area (Å²) in [6.45, 7) is 0. The molecule has 4 heteroatoms. The normalized spacial score (nSPS) is 11.5. The third-order valence-electron chi connectivity index (χ3n) is 12.2. The Morgan fingerprint density at radius 2 is 0.774 bits per heavy atom. The third-order valence-corrected chi connectivity index (χ3v) is 12.2. The smallest absolute Gasteiger partial charge is 0.0583 e. The largest absolute Gasteiger partial charge is 0.310 e. The van der Waals surface area contributed by atoms with Crippen molar-refractivity contribution in [3.8, 4) is 11.4 Å². The molecule has 0 saturated carbocycles. The van der Waals surface area contributed by atoms with Crippen molar-refractivity contribution in [2.24, 2.45) is 0 Å². The van der Waals surface area contributed by atoms with Crippen LogP contribution in [0.15, 0.2) is 243 Å². The molecule has 0 N–H and O–H groups in total. The molecule has 2 heterocycles. The molecule has 12 aromatic rings. The van der Waals surface area contributed by atoms with Crippen LogP contribution in [-0.2, 0) is 0 Å². The topological polar surface area (TPSA) is 16.3 Å². The number of para-hydroxylation sites is 6. The summed E-state index contributed by atoms with van der Waals surface area (Å²) in [6, 6.07) is 87.8. The van der Waals surface area contributed by atoms with E-state index in [0.29, 0.717) is 0 Å². The summed E-state index contributed by atoms with van der Waals surface area (Å²) in [6.07, 6.45) is 0. The fourth-order valence-electron chi connectivity index (χ4n) is 9.52. The van der Waals surface area contributed by atoms with Crippen molar-refractivity contribution >= 4 is 88.5 Å². The van der Waals surface area contributed by atoms with Crippen LogP contribution in [0.25, 0.3) is 65.8 Å². The molecule has 0 fully saturated rings. The summed E-state index contributed by atoms with van der Waals surface area (Å²) in [5.74, 6) is 0. The Balaban J connectivity index is 1.19. The minimum absolute atomic E-state index is 1.05. The molecule has 0 bridgehead atoms. The standard InChI is InChI=1S/C58H40N4/c1-5-21-43(22-6-1)59(48-35-36-55-52(38-48)50-29-15-17-31-53(50)61(55)46-27-11-4-12-28-46)49-39-56(60(44-23-7-2-8-24-44)45-25-9-3-10-26-45)58-51-30-16-18-32-54(51)62(57(58)40-49)47-34-33-41-19-13-14-20-42(41)37-47/h1-40H. The number of rotatable bonds is 8. The second-order valence-electron chi connectivity index (χ2n) is 15.8. The first-order valence-corrected chi connectivity index (χ1v) is 21.2. The molecule has 2 aromatic heterocycles. The van der Waals surface area contributed by atoms with E-state index < -0.39 is 0 Å². The van der Waals surface area contributed by atoms with Crippen molar-refractivity contribution in [2.45, 2.75) is 0 Å². The van der Waals surface area contributed by atoms with Crippen molar-refractivity contribution in [1.82, 2.24) is 9.13 Å². The van der Waals surface area contributed by atoms with Gasteiger partial charge in [0.05, 0.1) is 33.4 Å². The summed E-state index contributed by atoms with van der Waals surface area (Å²) in [4.78, 5) is 4.84. The van der Waals surface area contributed by atoms with Crippen molar-refractivity contribution in [3.05, 3.63) is 243 Å². The Labute approximate surface area is 360 Å². The van der Waals surface area contributed by atoms with Gasteiger partial charge in [-0.2, -0.15) is 0 Å². The molecule has 0 saturated heterocycles. The molecular weight excluding hydrogens is 753 g/mol. The number of anilines is 6. The molecule has 0 radical (unpaired) electrons. The van der Waals surface area contributed by atoms with Crippen LogP contribution in [-0.4, -0.2) is 9.13 Å². The number of fused-ring (bicyclic) bond motifs is 7. The summed E-state index contributed by atoms with van der Waals surface area (Å²) in [5.41, 5.74) is 13.3. The van der Waals surface area contributed by atoms with E-state index in [1.165, 1.54) is 43.4 Å².